The molecule has 8 heteroatoms. The second kappa shape index (κ2) is 6.15. The first-order chi connectivity index (χ1) is 9.87. The minimum absolute atomic E-state index is 0.00740. The van der Waals surface area contributed by atoms with Crippen LogP contribution in [0.1, 0.15) is 5.56 Å². The van der Waals surface area contributed by atoms with Gasteiger partial charge in [0.1, 0.15) is 17.5 Å². The molecule has 0 spiro atoms. The highest BCUT2D eigenvalue weighted by molar-refractivity contribution is 7.89. The number of sulfonamides is 1. The van der Waals surface area contributed by atoms with Crippen molar-refractivity contribution in [1.29, 1.82) is 0 Å². The van der Waals surface area contributed by atoms with Crippen LogP contribution in [-0.4, -0.2) is 19.9 Å². The molecule has 0 radical (unpaired) electrons. The Morgan fingerprint density at radius 1 is 1.14 bits per heavy atom. The van der Waals surface area contributed by atoms with Crippen LogP contribution < -0.4 is 10.5 Å². The maximum Gasteiger partial charge on any atom is 0.240 e. The average Bonchev–Trinajstić information content (AvgIpc) is 2.37. The topological polar surface area (TPSA) is 85.1 Å². The van der Waals surface area contributed by atoms with Gasteiger partial charge in [-0.25, -0.2) is 26.9 Å². The first-order valence-electron chi connectivity index (χ1n) is 6.03. The molecule has 0 saturated carbocycles. The van der Waals surface area contributed by atoms with Gasteiger partial charge in [-0.3, -0.25) is 0 Å². The Morgan fingerprint density at radius 2 is 1.81 bits per heavy atom. The normalized spacial score (nSPS) is 11.5. The predicted molar refractivity (Wildman–Crippen MR) is 73.9 cm³/mol. The largest absolute Gasteiger partial charge is 0.384 e. The zero-order valence-electron chi connectivity index (χ0n) is 10.9. The number of hydrogen-bond donors (Lipinski definition) is 2. The molecule has 0 bridgehead atoms. The number of halogens is 2. The van der Waals surface area contributed by atoms with E-state index in [0.29, 0.717) is 5.56 Å². The zero-order chi connectivity index (χ0) is 15.5. The number of hydrogen-bond acceptors (Lipinski definition) is 4. The van der Waals surface area contributed by atoms with E-state index in [2.05, 4.69) is 9.71 Å². The highest BCUT2D eigenvalue weighted by atomic mass is 32.2. The van der Waals surface area contributed by atoms with Crippen molar-refractivity contribution in [3.05, 3.63) is 53.7 Å². The number of nitrogens with zero attached hydrogens (tertiary/aromatic N) is 1. The maximum absolute atomic E-state index is 13.0. The summed E-state index contributed by atoms with van der Waals surface area (Å²) in [4.78, 5) is 3.69. The Balaban J connectivity index is 2.02. The lowest BCUT2D eigenvalue weighted by atomic mass is 10.1. The molecule has 21 heavy (non-hydrogen) atoms. The Morgan fingerprint density at radius 3 is 2.43 bits per heavy atom. The van der Waals surface area contributed by atoms with Gasteiger partial charge in [-0.15, -0.1) is 0 Å². The zero-order valence-corrected chi connectivity index (χ0v) is 11.7. The summed E-state index contributed by atoms with van der Waals surface area (Å²) in [5.41, 5.74) is 5.79. The van der Waals surface area contributed by atoms with Crippen molar-refractivity contribution in [3.8, 4) is 0 Å². The highest BCUT2D eigenvalue weighted by Crippen LogP contribution is 2.11. The lowest BCUT2D eigenvalue weighted by Crippen LogP contribution is -2.26. The molecule has 0 unspecified atom stereocenters. The summed E-state index contributed by atoms with van der Waals surface area (Å²) < 4.78 is 52.3. The van der Waals surface area contributed by atoms with Crippen molar-refractivity contribution in [1.82, 2.24) is 9.71 Å². The van der Waals surface area contributed by atoms with Crippen LogP contribution in [0.25, 0.3) is 0 Å². The predicted octanol–water partition coefficient (Wildman–Crippen LogP) is 1.46. The quantitative estimate of drug-likeness (QED) is 0.875. The second-order valence-electron chi connectivity index (χ2n) is 4.34. The molecule has 0 aliphatic rings. The number of nitrogens with one attached hydrogen (secondary N) is 1. The van der Waals surface area contributed by atoms with E-state index >= 15 is 0 Å². The molecule has 0 aliphatic carbocycles. The van der Waals surface area contributed by atoms with E-state index < -0.39 is 21.7 Å². The second-order valence-corrected chi connectivity index (χ2v) is 6.11. The van der Waals surface area contributed by atoms with Crippen molar-refractivity contribution >= 4 is 15.8 Å². The van der Waals surface area contributed by atoms with Crippen LogP contribution in [-0.2, 0) is 16.4 Å². The van der Waals surface area contributed by atoms with Crippen LogP contribution in [0, 0.1) is 11.6 Å². The Hall–Kier alpha value is -2.06. The van der Waals surface area contributed by atoms with Gasteiger partial charge in [0, 0.05) is 24.9 Å². The van der Waals surface area contributed by atoms with Crippen LogP contribution in [0.15, 0.2) is 41.4 Å². The van der Waals surface area contributed by atoms with Crippen molar-refractivity contribution in [2.45, 2.75) is 11.3 Å². The molecular formula is C13H13F2N3O2S. The third-order valence-electron chi connectivity index (χ3n) is 2.69. The van der Waals surface area contributed by atoms with Gasteiger partial charge < -0.3 is 5.73 Å². The first kappa shape index (κ1) is 15.3. The summed E-state index contributed by atoms with van der Waals surface area (Å²) >= 11 is 0. The molecular weight excluding hydrogens is 300 g/mol. The van der Waals surface area contributed by atoms with Crippen molar-refractivity contribution in [2.75, 3.05) is 12.3 Å². The smallest absolute Gasteiger partial charge is 0.240 e. The molecule has 0 atom stereocenters. The Bertz CT molecular complexity index is 731. The number of anilines is 1. The van der Waals surface area contributed by atoms with Gasteiger partial charge in [-0.05, 0) is 30.2 Å². The molecule has 0 aliphatic heterocycles. The lowest BCUT2D eigenvalue weighted by molar-refractivity contribution is 0.576. The minimum atomic E-state index is -3.73. The maximum atomic E-state index is 13.0. The van der Waals surface area contributed by atoms with E-state index in [-0.39, 0.29) is 23.7 Å². The fourth-order valence-electron chi connectivity index (χ4n) is 1.76. The van der Waals surface area contributed by atoms with Crippen LogP contribution in [0.4, 0.5) is 14.6 Å². The number of nitrogens with two attached hydrogens (primary N) is 1. The van der Waals surface area contributed by atoms with E-state index in [1.807, 2.05) is 0 Å². The van der Waals surface area contributed by atoms with Crippen LogP contribution in [0.3, 0.4) is 0 Å². The van der Waals surface area contributed by atoms with Crippen molar-refractivity contribution in [2.24, 2.45) is 0 Å². The third kappa shape index (κ3) is 4.20. The molecule has 1 aromatic carbocycles. The molecule has 0 amide bonds. The monoisotopic (exact) mass is 313 g/mol. The summed E-state index contributed by atoms with van der Waals surface area (Å²) in [5, 5.41) is 0. The van der Waals surface area contributed by atoms with E-state index in [1.54, 1.807) is 0 Å². The fourth-order valence-corrected chi connectivity index (χ4v) is 2.82. The van der Waals surface area contributed by atoms with Crippen molar-refractivity contribution < 1.29 is 17.2 Å². The van der Waals surface area contributed by atoms with E-state index in [9.17, 15) is 17.2 Å². The molecule has 2 aromatic rings. The van der Waals surface area contributed by atoms with Gasteiger partial charge in [0.2, 0.25) is 10.0 Å². The van der Waals surface area contributed by atoms with Gasteiger partial charge in [0.25, 0.3) is 0 Å². The van der Waals surface area contributed by atoms with Crippen LogP contribution in [0.5, 0.6) is 0 Å². The summed E-state index contributed by atoms with van der Waals surface area (Å²) in [5.74, 6) is -1.31. The number of benzene rings is 1. The molecule has 5 nitrogen and oxygen atoms in total. The molecule has 0 fully saturated rings. The highest BCUT2D eigenvalue weighted by Gasteiger charge is 2.14. The number of aromatic nitrogens is 1. The molecule has 1 heterocycles. The minimum Gasteiger partial charge on any atom is -0.384 e. The van der Waals surface area contributed by atoms with Gasteiger partial charge in [0.15, 0.2) is 0 Å². The average molecular weight is 313 g/mol. The number of nitrogen functional groups attached to an aromatic ring is 1. The summed E-state index contributed by atoms with van der Waals surface area (Å²) in [6.07, 6.45) is 1.44. The molecule has 3 N–H and O–H groups in total. The van der Waals surface area contributed by atoms with Crippen LogP contribution in [0.2, 0.25) is 0 Å². The van der Waals surface area contributed by atoms with E-state index in [4.69, 9.17) is 5.73 Å². The van der Waals surface area contributed by atoms with Gasteiger partial charge >= 0.3 is 0 Å². The molecule has 2 rings (SSSR count). The van der Waals surface area contributed by atoms with E-state index in [1.165, 1.54) is 18.3 Å². The number of rotatable bonds is 5. The van der Waals surface area contributed by atoms with Gasteiger partial charge in [-0.1, -0.05) is 0 Å². The van der Waals surface area contributed by atoms with Gasteiger partial charge in [0.05, 0.1) is 4.90 Å². The Kier molecular flexibility index (Phi) is 4.49. The molecule has 0 saturated heterocycles. The SMILES string of the molecule is Nc1cc(S(=O)(=O)NCCc2cc(F)cc(F)c2)ccn1. The standard InChI is InChI=1S/C13H13F2N3O2S/c14-10-5-9(6-11(15)7-10)1-4-18-21(19,20)12-2-3-17-13(16)8-12/h2-3,5-8,18H,1,4H2,(H2,16,17). The Labute approximate surface area is 120 Å². The first-order valence-corrected chi connectivity index (χ1v) is 7.51. The summed E-state index contributed by atoms with van der Waals surface area (Å²) in [6.45, 7) is 0.00740. The fraction of sp³-hybridized carbons (Fsp3) is 0.154. The number of pyridine rings is 1. The summed E-state index contributed by atoms with van der Waals surface area (Å²) in [7, 11) is -3.73. The summed E-state index contributed by atoms with van der Waals surface area (Å²) in [6, 6.07) is 5.60. The molecule has 112 valence electrons. The van der Waals surface area contributed by atoms with E-state index in [0.717, 1.165) is 18.2 Å². The molecule has 1 aromatic heterocycles. The lowest BCUT2D eigenvalue weighted by Gasteiger charge is -2.07. The third-order valence-corrected chi connectivity index (χ3v) is 4.15. The van der Waals surface area contributed by atoms with Gasteiger partial charge in [-0.2, -0.15) is 0 Å². The van der Waals surface area contributed by atoms with Crippen molar-refractivity contribution in [3.63, 3.8) is 0 Å². The van der Waals surface area contributed by atoms with Crippen LogP contribution >= 0.6 is 0 Å².